The third-order valence-electron chi connectivity index (χ3n) is 2.21. The molecular weight excluding hydrogens is 206 g/mol. The highest BCUT2D eigenvalue weighted by molar-refractivity contribution is 5.91. The minimum absolute atomic E-state index is 0.167. The van der Waals surface area contributed by atoms with Crippen molar-refractivity contribution in [2.75, 3.05) is 0 Å². The van der Waals surface area contributed by atoms with Gasteiger partial charge in [-0.05, 0) is 32.4 Å². The van der Waals surface area contributed by atoms with E-state index >= 15 is 0 Å². The molecule has 1 N–H and O–H groups in total. The summed E-state index contributed by atoms with van der Waals surface area (Å²) in [6.07, 6.45) is 0. The van der Waals surface area contributed by atoms with Crippen molar-refractivity contribution in [3.05, 3.63) is 45.5 Å². The average molecular weight is 221 g/mol. The van der Waals surface area contributed by atoms with Crippen molar-refractivity contribution in [1.29, 1.82) is 0 Å². The van der Waals surface area contributed by atoms with Gasteiger partial charge in [-0.15, -0.1) is 0 Å². The molecule has 0 aliphatic carbocycles. The molecule has 86 valence electrons. The van der Waals surface area contributed by atoms with E-state index in [4.69, 9.17) is 4.42 Å². The standard InChI is InChI=1S/C12H15NO3/c1-7(2)11(14)13-6-10-8(3)5-9(4)16-12(10)15/h5H,1,6H2,2-4H3,(H,13,14). The van der Waals surface area contributed by atoms with Crippen LogP contribution in [0.5, 0.6) is 0 Å². The van der Waals surface area contributed by atoms with Crippen molar-refractivity contribution >= 4 is 5.91 Å². The number of carbonyl (C=O) groups excluding carboxylic acids is 1. The van der Waals surface area contributed by atoms with Crippen LogP contribution < -0.4 is 10.9 Å². The Morgan fingerprint density at radius 3 is 2.62 bits per heavy atom. The summed E-state index contributed by atoms with van der Waals surface area (Å²) in [5.74, 6) is 0.303. The van der Waals surface area contributed by atoms with Gasteiger partial charge in [-0.1, -0.05) is 6.58 Å². The maximum absolute atomic E-state index is 11.5. The van der Waals surface area contributed by atoms with Crippen LogP contribution in [0, 0.1) is 13.8 Å². The van der Waals surface area contributed by atoms with Gasteiger partial charge in [0.25, 0.3) is 0 Å². The molecular formula is C12H15NO3. The molecule has 1 heterocycles. The summed E-state index contributed by atoms with van der Waals surface area (Å²) in [6, 6.07) is 1.77. The fraction of sp³-hybridized carbons (Fsp3) is 0.333. The van der Waals surface area contributed by atoms with Crippen LogP contribution in [0.3, 0.4) is 0 Å². The van der Waals surface area contributed by atoms with Crippen LogP contribution in [0.25, 0.3) is 0 Å². The normalized spacial score (nSPS) is 9.94. The van der Waals surface area contributed by atoms with Gasteiger partial charge in [0.1, 0.15) is 5.76 Å². The van der Waals surface area contributed by atoms with E-state index in [0.29, 0.717) is 16.9 Å². The summed E-state index contributed by atoms with van der Waals surface area (Å²) >= 11 is 0. The molecule has 16 heavy (non-hydrogen) atoms. The lowest BCUT2D eigenvalue weighted by molar-refractivity contribution is -0.117. The molecule has 4 heteroatoms. The molecule has 0 atom stereocenters. The number of nitrogens with one attached hydrogen (secondary N) is 1. The lowest BCUT2D eigenvalue weighted by Crippen LogP contribution is -2.26. The third-order valence-corrected chi connectivity index (χ3v) is 2.21. The predicted octanol–water partition coefficient (Wildman–Crippen LogP) is 1.45. The maximum Gasteiger partial charge on any atom is 0.341 e. The highest BCUT2D eigenvalue weighted by Crippen LogP contribution is 2.05. The average Bonchev–Trinajstić information content (AvgIpc) is 2.15. The van der Waals surface area contributed by atoms with E-state index in [-0.39, 0.29) is 12.5 Å². The molecule has 1 amide bonds. The molecule has 0 unspecified atom stereocenters. The van der Waals surface area contributed by atoms with E-state index in [1.165, 1.54) is 0 Å². The number of hydrogen-bond donors (Lipinski definition) is 1. The van der Waals surface area contributed by atoms with E-state index < -0.39 is 5.63 Å². The maximum atomic E-state index is 11.5. The molecule has 0 spiro atoms. The predicted molar refractivity (Wildman–Crippen MR) is 61.1 cm³/mol. The highest BCUT2D eigenvalue weighted by atomic mass is 16.4. The van der Waals surface area contributed by atoms with Crippen molar-refractivity contribution in [3.63, 3.8) is 0 Å². The van der Waals surface area contributed by atoms with Crippen LogP contribution in [-0.2, 0) is 11.3 Å². The van der Waals surface area contributed by atoms with Gasteiger partial charge in [-0.3, -0.25) is 4.79 Å². The van der Waals surface area contributed by atoms with E-state index in [9.17, 15) is 9.59 Å². The fourth-order valence-corrected chi connectivity index (χ4v) is 1.32. The fourth-order valence-electron chi connectivity index (χ4n) is 1.32. The largest absolute Gasteiger partial charge is 0.428 e. The minimum atomic E-state index is -0.403. The van der Waals surface area contributed by atoms with Gasteiger partial charge in [-0.25, -0.2) is 4.79 Å². The Morgan fingerprint density at radius 1 is 1.50 bits per heavy atom. The Labute approximate surface area is 94.0 Å². The van der Waals surface area contributed by atoms with Gasteiger partial charge in [0.2, 0.25) is 5.91 Å². The molecule has 1 rings (SSSR count). The number of hydrogen-bond acceptors (Lipinski definition) is 3. The first-order valence-electron chi connectivity index (χ1n) is 4.95. The highest BCUT2D eigenvalue weighted by Gasteiger charge is 2.08. The van der Waals surface area contributed by atoms with Crippen molar-refractivity contribution in [3.8, 4) is 0 Å². The summed E-state index contributed by atoms with van der Waals surface area (Å²) in [5.41, 5.74) is 1.30. The SMILES string of the molecule is C=C(C)C(=O)NCc1c(C)cc(C)oc1=O. The first-order chi connectivity index (χ1) is 7.41. The summed E-state index contributed by atoms with van der Waals surface area (Å²) in [4.78, 5) is 22.8. The zero-order valence-electron chi connectivity index (χ0n) is 9.72. The lowest BCUT2D eigenvalue weighted by atomic mass is 10.1. The first kappa shape index (κ1) is 12.2. The Balaban J connectivity index is 2.87. The van der Waals surface area contributed by atoms with Crippen LogP contribution in [0.2, 0.25) is 0 Å². The number of aryl methyl sites for hydroxylation is 2. The Morgan fingerprint density at radius 2 is 2.12 bits per heavy atom. The third kappa shape index (κ3) is 2.82. The van der Waals surface area contributed by atoms with Gasteiger partial charge in [0.05, 0.1) is 12.1 Å². The van der Waals surface area contributed by atoms with Crippen LogP contribution in [0.4, 0.5) is 0 Å². The molecule has 4 nitrogen and oxygen atoms in total. The zero-order valence-corrected chi connectivity index (χ0v) is 9.72. The van der Waals surface area contributed by atoms with Crippen LogP contribution in [0.15, 0.2) is 27.4 Å². The monoisotopic (exact) mass is 221 g/mol. The molecule has 0 aliphatic rings. The molecule has 0 saturated carbocycles. The van der Waals surface area contributed by atoms with Gasteiger partial charge in [-0.2, -0.15) is 0 Å². The van der Waals surface area contributed by atoms with Crippen molar-refractivity contribution in [1.82, 2.24) is 5.32 Å². The van der Waals surface area contributed by atoms with E-state index in [0.717, 1.165) is 5.56 Å². The molecule has 0 aromatic carbocycles. The Kier molecular flexibility index (Phi) is 3.66. The van der Waals surface area contributed by atoms with Gasteiger partial charge in [0, 0.05) is 5.57 Å². The zero-order chi connectivity index (χ0) is 12.3. The number of carbonyl (C=O) groups is 1. The lowest BCUT2D eigenvalue weighted by Gasteiger charge is -2.06. The Bertz CT molecular complexity index is 486. The molecule has 0 saturated heterocycles. The van der Waals surface area contributed by atoms with Crippen LogP contribution in [-0.4, -0.2) is 5.91 Å². The second kappa shape index (κ2) is 4.79. The summed E-state index contributed by atoms with van der Waals surface area (Å²) in [5, 5.41) is 2.60. The number of rotatable bonds is 3. The molecule has 1 aromatic heterocycles. The van der Waals surface area contributed by atoms with Crippen LogP contribution in [0.1, 0.15) is 23.8 Å². The molecule has 1 aromatic rings. The van der Waals surface area contributed by atoms with Crippen molar-refractivity contribution in [2.24, 2.45) is 0 Å². The smallest absolute Gasteiger partial charge is 0.341 e. The summed E-state index contributed by atoms with van der Waals surface area (Å²) < 4.78 is 4.95. The van der Waals surface area contributed by atoms with Crippen LogP contribution >= 0.6 is 0 Å². The summed E-state index contributed by atoms with van der Waals surface area (Å²) in [7, 11) is 0. The molecule has 0 fully saturated rings. The second-order valence-corrected chi connectivity index (χ2v) is 3.77. The molecule has 0 radical (unpaired) electrons. The van der Waals surface area contributed by atoms with E-state index in [2.05, 4.69) is 11.9 Å². The summed E-state index contributed by atoms with van der Waals surface area (Å²) in [6.45, 7) is 8.82. The van der Waals surface area contributed by atoms with E-state index in [1.807, 2.05) is 6.92 Å². The minimum Gasteiger partial charge on any atom is -0.428 e. The quantitative estimate of drug-likeness (QED) is 0.786. The van der Waals surface area contributed by atoms with Crippen molar-refractivity contribution < 1.29 is 9.21 Å². The Hall–Kier alpha value is -1.84. The van der Waals surface area contributed by atoms with Gasteiger partial charge in [0.15, 0.2) is 0 Å². The second-order valence-electron chi connectivity index (χ2n) is 3.77. The topological polar surface area (TPSA) is 59.3 Å². The van der Waals surface area contributed by atoms with Gasteiger partial charge >= 0.3 is 5.63 Å². The van der Waals surface area contributed by atoms with E-state index in [1.54, 1.807) is 19.9 Å². The van der Waals surface area contributed by atoms with Crippen molar-refractivity contribution in [2.45, 2.75) is 27.3 Å². The molecule has 0 aliphatic heterocycles. The number of amides is 1. The van der Waals surface area contributed by atoms with Gasteiger partial charge < -0.3 is 9.73 Å². The first-order valence-corrected chi connectivity index (χ1v) is 4.95. The molecule has 0 bridgehead atoms.